The summed E-state index contributed by atoms with van der Waals surface area (Å²) in [6, 6.07) is 7.02. The highest BCUT2D eigenvalue weighted by Gasteiger charge is 2.41. The molecule has 1 atom stereocenters. The topological polar surface area (TPSA) is 92.5 Å². The van der Waals surface area contributed by atoms with Gasteiger partial charge in [-0.1, -0.05) is 23.9 Å². The van der Waals surface area contributed by atoms with E-state index in [0.717, 1.165) is 30.2 Å². The molecule has 3 rings (SSSR count). The Labute approximate surface area is 157 Å². The maximum Gasteiger partial charge on any atom is 0.289 e. The number of rotatable bonds is 6. The molecular weight excluding hydrogens is 362 g/mol. The third-order valence-electron chi connectivity index (χ3n) is 4.67. The summed E-state index contributed by atoms with van der Waals surface area (Å²) in [5, 5.41) is 2.81. The number of halogens is 1. The zero-order valence-electron chi connectivity index (χ0n) is 14.0. The molecule has 0 radical (unpaired) electrons. The number of hydrogen-bond acceptors (Lipinski definition) is 5. The number of nitrogens with one attached hydrogen (secondary N) is 1. The van der Waals surface area contributed by atoms with E-state index in [9.17, 15) is 14.4 Å². The van der Waals surface area contributed by atoms with Crippen LogP contribution in [0.5, 0.6) is 0 Å². The van der Waals surface area contributed by atoms with E-state index in [2.05, 4.69) is 5.32 Å². The van der Waals surface area contributed by atoms with Crippen LogP contribution in [0.15, 0.2) is 24.3 Å². The molecule has 136 valence electrons. The summed E-state index contributed by atoms with van der Waals surface area (Å²) < 4.78 is 0. The van der Waals surface area contributed by atoms with Crippen molar-refractivity contribution in [3.8, 4) is 0 Å². The summed E-state index contributed by atoms with van der Waals surface area (Å²) >= 11 is 1.01. The zero-order valence-corrected chi connectivity index (χ0v) is 15.6. The summed E-state index contributed by atoms with van der Waals surface area (Å²) in [7, 11) is 0. The van der Waals surface area contributed by atoms with Crippen LogP contribution >= 0.6 is 24.2 Å². The van der Waals surface area contributed by atoms with Crippen LogP contribution in [0.25, 0.3) is 0 Å². The van der Waals surface area contributed by atoms with Gasteiger partial charge in [0.1, 0.15) is 0 Å². The molecule has 1 aliphatic carbocycles. The van der Waals surface area contributed by atoms with E-state index in [1.54, 1.807) is 18.2 Å². The molecule has 1 aliphatic heterocycles. The van der Waals surface area contributed by atoms with E-state index in [0.29, 0.717) is 18.0 Å². The standard InChI is InChI=1S/C17H21N3O3S.ClH/c1-17(10-18,13-5-6-13)19-15(22)12-4-2-3-11(7-12)8-20-14(21)9-24-16(20)23;/h2-4,7,13H,5-6,8-10,18H2,1H3,(H,19,22);1H. The average molecular weight is 384 g/mol. The number of carbonyl (C=O) groups excluding carboxylic acids is 3. The van der Waals surface area contributed by atoms with Crippen molar-refractivity contribution in [1.29, 1.82) is 0 Å². The number of imide groups is 1. The number of carbonyl (C=O) groups is 3. The molecule has 0 spiro atoms. The molecule has 1 unspecified atom stereocenters. The van der Waals surface area contributed by atoms with E-state index in [1.165, 1.54) is 4.90 Å². The van der Waals surface area contributed by atoms with Crippen LogP contribution in [0.1, 0.15) is 35.7 Å². The number of benzene rings is 1. The fourth-order valence-corrected chi connectivity index (χ4v) is 3.62. The van der Waals surface area contributed by atoms with Crippen molar-refractivity contribution in [2.75, 3.05) is 12.3 Å². The van der Waals surface area contributed by atoms with Crippen molar-refractivity contribution in [1.82, 2.24) is 10.2 Å². The van der Waals surface area contributed by atoms with Gasteiger partial charge in [0, 0.05) is 12.1 Å². The van der Waals surface area contributed by atoms with E-state index >= 15 is 0 Å². The lowest BCUT2D eigenvalue weighted by Crippen LogP contribution is -2.53. The van der Waals surface area contributed by atoms with Crippen LogP contribution in [-0.4, -0.2) is 39.8 Å². The van der Waals surface area contributed by atoms with E-state index in [1.807, 2.05) is 13.0 Å². The minimum absolute atomic E-state index is 0. The highest BCUT2D eigenvalue weighted by atomic mass is 35.5. The molecule has 8 heteroatoms. The largest absolute Gasteiger partial charge is 0.345 e. The third kappa shape index (κ3) is 4.34. The minimum atomic E-state index is -0.384. The Morgan fingerprint density at radius 2 is 2.12 bits per heavy atom. The molecule has 3 N–H and O–H groups in total. The van der Waals surface area contributed by atoms with Crippen LogP contribution in [0.2, 0.25) is 0 Å². The highest BCUT2D eigenvalue weighted by molar-refractivity contribution is 8.14. The molecule has 1 saturated heterocycles. The summed E-state index contributed by atoms with van der Waals surface area (Å²) in [6.45, 7) is 2.57. The first-order valence-corrected chi connectivity index (χ1v) is 9.00. The number of thioether (sulfide) groups is 1. The molecule has 1 saturated carbocycles. The first-order valence-electron chi connectivity index (χ1n) is 8.01. The van der Waals surface area contributed by atoms with Gasteiger partial charge in [-0.25, -0.2) is 0 Å². The van der Waals surface area contributed by atoms with Crippen molar-refractivity contribution in [2.45, 2.75) is 31.8 Å². The molecule has 25 heavy (non-hydrogen) atoms. The van der Waals surface area contributed by atoms with Gasteiger partial charge in [-0.3, -0.25) is 19.3 Å². The smallest absolute Gasteiger partial charge is 0.289 e. The van der Waals surface area contributed by atoms with Crippen molar-refractivity contribution >= 4 is 41.2 Å². The fraction of sp³-hybridized carbons (Fsp3) is 0.471. The maximum atomic E-state index is 12.6. The normalized spacial score (nSPS) is 19.4. The quantitative estimate of drug-likeness (QED) is 0.785. The Kier molecular flexibility index (Phi) is 6.13. The van der Waals surface area contributed by atoms with E-state index in [4.69, 9.17) is 5.73 Å². The lowest BCUT2D eigenvalue weighted by Gasteiger charge is -2.29. The third-order valence-corrected chi connectivity index (χ3v) is 5.53. The van der Waals surface area contributed by atoms with Crippen molar-refractivity contribution < 1.29 is 14.4 Å². The Hall–Kier alpha value is -1.57. The van der Waals surface area contributed by atoms with E-state index < -0.39 is 0 Å². The summed E-state index contributed by atoms with van der Waals surface area (Å²) in [5.41, 5.74) is 6.73. The van der Waals surface area contributed by atoms with Crippen LogP contribution in [-0.2, 0) is 11.3 Å². The Balaban J connectivity index is 0.00000225. The molecule has 0 aromatic heterocycles. The summed E-state index contributed by atoms with van der Waals surface area (Å²) in [5.74, 6) is 0.260. The predicted molar refractivity (Wildman–Crippen MR) is 99.7 cm³/mol. The van der Waals surface area contributed by atoms with Gasteiger partial charge in [0.15, 0.2) is 0 Å². The van der Waals surface area contributed by atoms with Gasteiger partial charge in [-0.05, 0) is 43.4 Å². The highest BCUT2D eigenvalue weighted by Crippen LogP contribution is 2.39. The van der Waals surface area contributed by atoms with Gasteiger partial charge in [-0.15, -0.1) is 12.4 Å². The van der Waals surface area contributed by atoms with Crippen LogP contribution in [0, 0.1) is 5.92 Å². The lowest BCUT2D eigenvalue weighted by molar-refractivity contribution is -0.125. The summed E-state index contributed by atoms with van der Waals surface area (Å²) in [6.07, 6.45) is 2.18. The van der Waals surface area contributed by atoms with Crippen LogP contribution in [0.3, 0.4) is 0 Å². The maximum absolute atomic E-state index is 12.6. The number of hydrogen-bond donors (Lipinski definition) is 2. The van der Waals surface area contributed by atoms with Crippen molar-refractivity contribution in [2.24, 2.45) is 11.7 Å². The zero-order chi connectivity index (χ0) is 17.3. The first-order chi connectivity index (χ1) is 11.4. The molecule has 0 bridgehead atoms. The monoisotopic (exact) mass is 383 g/mol. The van der Waals surface area contributed by atoms with Gasteiger partial charge < -0.3 is 11.1 Å². The predicted octanol–water partition coefficient (Wildman–Crippen LogP) is 2.16. The van der Waals surface area contributed by atoms with Gasteiger partial charge in [0.05, 0.1) is 17.8 Å². The van der Waals surface area contributed by atoms with Gasteiger partial charge in [0.2, 0.25) is 5.91 Å². The molecular formula is C17H22ClN3O3S. The Morgan fingerprint density at radius 3 is 2.68 bits per heavy atom. The molecule has 1 heterocycles. The van der Waals surface area contributed by atoms with Crippen molar-refractivity contribution in [3.05, 3.63) is 35.4 Å². The first kappa shape index (κ1) is 19.8. The molecule has 3 amide bonds. The number of nitrogens with two attached hydrogens (primary N) is 1. The molecule has 2 fully saturated rings. The minimum Gasteiger partial charge on any atom is -0.345 e. The fourth-order valence-electron chi connectivity index (χ4n) is 2.90. The molecule has 1 aromatic carbocycles. The van der Waals surface area contributed by atoms with Crippen LogP contribution in [0.4, 0.5) is 4.79 Å². The second kappa shape index (κ2) is 7.76. The van der Waals surface area contributed by atoms with Crippen molar-refractivity contribution in [3.63, 3.8) is 0 Å². The van der Waals surface area contributed by atoms with E-state index in [-0.39, 0.29) is 47.3 Å². The second-order valence-corrected chi connectivity index (χ2v) is 7.51. The SMILES string of the molecule is CC(CN)(NC(=O)c1cccc(CN2C(=O)CSC2=O)c1)C1CC1.Cl. The van der Waals surface area contributed by atoms with Gasteiger partial charge in [0.25, 0.3) is 11.1 Å². The van der Waals surface area contributed by atoms with Gasteiger partial charge in [-0.2, -0.15) is 0 Å². The summed E-state index contributed by atoms with van der Waals surface area (Å²) in [4.78, 5) is 37.2. The molecule has 2 aliphatic rings. The molecule has 6 nitrogen and oxygen atoms in total. The number of amides is 3. The Bertz CT molecular complexity index is 679. The Morgan fingerprint density at radius 1 is 1.40 bits per heavy atom. The lowest BCUT2D eigenvalue weighted by atomic mass is 9.95. The van der Waals surface area contributed by atoms with Crippen LogP contribution < -0.4 is 11.1 Å². The second-order valence-electron chi connectivity index (χ2n) is 6.58. The van der Waals surface area contributed by atoms with Gasteiger partial charge >= 0.3 is 0 Å². The average Bonchev–Trinajstić information content (AvgIpc) is 3.38. The number of nitrogens with zero attached hydrogens (tertiary/aromatic N) is 1. The molecule has 1 aromatic rings.